The molecule has 2 rings (SSSR count). The van der Waals surface area contributed by atoms with Gasteiger partial charge in [-0.25, -0.2) is 0 Å². The average Bonchev–Trinajstić information content (AvgIpc) is 2.53. The van der Waals surface area contributed by atoms with Gasteiger partial charge in [0.2, 0.25) is 0 Å². The number of nitro benzene ring substituents is 1. The van der Waals surface area contributed by atoms with E-state index in [4.69, 9.17) is 4.74 Å². The lowest BCUT2D eigenvalue weighted by atomic mass is 10.1. The van der Waals surface area contributed by atoms with Crippen LogP contribution in [0, 0.1) is 10.1 Å². The Morgan fingerprint density at radius 2 is 1.83 bits per heavy atom. The van der Waals surface area contributed by atoms with Crippen molar-refractivity contribution < 1.29 is 14.5 Å². The fourth-order valence-corrected chi connectivity index (χ4v) is 2.06. The van der Waals surface area contributed by atoms with E-state index in [1.54, 1.807) is 6.07 Å². The van der Waals surface area contributed by atoms with Crippen LogP contribution in [0.25, 0.3) is 0 Å². The van der Waals surface area contributed by atoms with Crippen LogP contribution in [0.5, 0.6) is 5.75 Å². The molecule has 0 aromatic heterocycles. The van der Waals surface area contributed by atoms with Crippen LogP contribution in [0.4, 0.5) is 5.69 Å². The number of rotatable bonds is 6. The molecule has 0 unspecified atom stereocenters. The molecule has 0 saturated heterocycles. The van der Waals surface area contributed by atoms with Crippen molar-refractivity contribution in [3.63, 3.8) is 0 Å². The Balaban J connectivity index is 2.01. The smallest absolute Gasteiger partial charge is 0.282 e. The summed E-state index contributed by atoms with van der Waals surface area (Å²) < 4.78 is 5.54. The van der Waals surface area contributed by atoms with Crippen molar-refractivity contribution in [3.05, 3.63) is 69.8 Å². The number of ether oxygens (including phenoxy) is 1. The third-order valence-corrected chi connectivity index (χ3v) is 3.09. The third-order valence-electron chi connectivity index (χ3n) is 3.09. The van der Waals surface area contributed by atoms with Gasteiger partial charge in [0, 0.05) is 12.6 Å². The number of amides is 1. The van der Waals surface area contributed by atoms with E-state index in [-0.39, 0.29) is 23.9 Å². The summed E-state index contributed by atoms with van der Waals surface area (Å²) in [5.41, 5.74) is 0.732. The Labute approximate surface area is 134 Å². The summed E-state index contributed by atoms with van der Waals surface area (Å²) in [6.45, 7) is 4.18. The summed E-state index contributed by atoms with van der Waals surface area (Å²) in [6.07, 6.45) is 0.0965. The van der Waals surface area contributed by atoms with E-state index in [2.05, 4.69) is 5.32 Å². The van der Waals surface area contributed by atoms with Crippen LogP contribution in [-0.4, -0.2) is 16.9 Å². The number of benzene rings is 2. The molecule has 0 saturated carbocycles. The maximum Gasteiger partial charge on any atom is 0.282 e. The number of hydrogen-bond donors (Lipinski definition) is 1. The number of carbonyl (C=O) groups is 1. The number of nitrogens with zero attached hydrogens (tertiary/aromatic N) is 1. The fraction of sp³-hybridized carbons (Fsp3) is 0.235. The number of carbonyl (C=O) groups excluding carboxylic acids is 1. The van der Waals surface area contributed by atoms with Crippen molar-refractivity contribution in [3.8, 4) is 5.75 Å². The second-order valence-corrected chi connectivity index (χ2v) is 5.27. The second kappa shape index (κ2) is 7.40. The maximum atomic E-state index is 12.1. The minimum atomic E-state index is -0.563. The van der Waals surface area contributed by atoms with E-state index in [1.165, 1.54) is 18.2 Å². The molecule has 6 nitrogen and oxygen atoms in total. The zero-order valence-electron chi connectivity index (χ0n) is 13.0. The van der Waals surface area contributed by atoms with Crippen LogP contribution >= 0.6 is 0 Å². The third kappa shape index (κ3) is 4.54. The summed E-state index contributed by atoms with van der Waals surface area (Å²) >= 11 is 0. The molecule has 0 heterocycles. The summed E-state index contributed by atoms with van der Waals surface area (Å²) in [5.74, 6) is 0.286. The first-order valence-electron chi connectivity index (χ1n) is 7.24. The molecular weight excluding hydrogens is 296 g/mol. The lowest BCUT2D eigenvalue weighted by Gasteiger charge is -2.10. The molecule has 1 N–H and O–H groups in total. The monoisotopic (exact) mass is 314 g/mol. The standard InChI is InChI=1S/C17H18N2O4/c1-12(2)23-14-9-7-13(8-10-14)11-18-17(20)15-5-3-4-6-16(15)19(21)22/h3-10,12H,11H2,1-2H3,(H,18,20). The molecule has 0 bridgehead atoms. The molecule has 0 spiro atoms. The van der Waals surface area contributed by atoms with Gasteiger partial charge in [-0.1, -0.05) is 24.3 Å². The van der Waals surface area contributed by atoms with Gasteiger partial charge in [-0.3, -0.25) is 14.9 Å². The highest BCUT2D eigenvalue weighted by Crippen LogP contribution is 2.18. The molecule has 23 heavy (non-hydrogen) atoms. The van der Waals surface area contributed by atoms with E-state index in [9.17, 15) is 14.9 Å². The average molecular weight is 314 g/mol. The molecule has 0 aliphatic carbocycles. The number of hydrogen-bond acceptors (Lipinski definition) is 4. The second-order valence-electron chi connectivity index (χ2n) is 5.27. The van der Waals surface area contributed by atoms with Crippen LogP contribution in [0.1, 0.15) is 29.8 Å². The van der Waals surface area contributed by atoms with Gasteiger partial charge in [0.25, 0.3) is 11.6 Å². The molecule has 6 heteroatoms. The fourth-order valence-electron chi connectivity index (χ4n) is 2.06. The van der Waals surface area contributed by atoms with Gasteiger partial charge in [0.05, 0.1) is 11.0 Å². The van der Waals surface area contributed by atoms with E-state index >= 15 is 0 Å². The molecule has 0 radical (unpaired) electrons. The highest BCUT2D eigenvalue weighted by molar-refractivity contribution is 5.98. The number of para-hydroxylation sites is 1. The first-order chi connectivity index (χ1) is 11.0. The Morgan fingerprint density at radius 3 is 2.43 bits per heavy atom. The Hall–Kier alpha value is -2.89. The van der Waals surface area contributed by atoms with Gasteiger partial charge in [-0.2, -0.15) is 0 Å². The minimum Gasteiger partial charge on any atom is -0.491 e. The molecule has 0 fully saturated rings. The zero-order chi connectivity index (χ0) is 16.8. The summed E-state index contributed by atoms with van der Waals surface area (Å²) in [5, 5.41) is 13.6. The van der Waals surface area contributed by atoms with Gasteiger partial charge in [0.1, 0.15) is 11.3 Å². The van der Waals surface area contributed by atoms with Crippen molar-refractivity contribution in [1.29, 1.82) is 0 Å². The van der Waals surface area contributed by atoms with E-state index in [0.717, 1.165) is 11.3 Å². The quantitative estimate of drug-likeness (QED) is 0.655. The van der Waals surface area contributed by atoms with Crippen molar-refractivity contribution in [2.24, 2.45) is 0 Å². The van der Waals surface area contributed by atoms with Crippen LogP contribution in [0.2, 0.25) is 0 Å². The van der Waals surface area contributed by atoms with Crippen LogP contribution in [0.3, 0.4) is 0 Å². The van der Waals surface area contributed by atoms with Crippen molar-refractivity contribution in [2.75, 3.05) is 0 Å². The molecular formula is C17H18N2O4. The predicted molar refractivity (Wildman–Crippen MR) is 86.5 cm³/mol. The lowest BCUT2D eigenvalue weighted by molar-refractivity contribution is -0.385. The predicted octanol–water partition coefficient (Wildman–Crippen LogP) is 3.31. The summed E-state index contributed by atoms with van der Waals surface area (Å²) in [6, 6.07) is 13.2. The van der Waals surface area contributed by atoms with Crippen LogP contribution < -0.4 is 10.1 Å². The van der Waals surface area contributed by atoms with Gasteiger partial charge < -0.3 is 10.1 Å². The summed E-state index contributed by atoms with van der Waals surface area (Å²) in [4.78, 5) is 22.5. The van der Waals surface area contributed by atoms with Gasteiger partial charge in [0.15, 0.2) is 0 Å². The lowest BCUT2D eigenvalue weighted by Crippen LogP contribution is -2.23. The Morgan fingerprint density at radius 1 is 1.17 bits per heavy atom. The first kappa shape index (κ1) is 16.5. The van der Waals surface area contributed by atoms with Crippen LogP contribution in [-0.2, 0) is 6.54 Å². The largest absolute Gasteiger partial charge is 0.491 e. The molecule has 0 aliphatic rings. The van der Waals surface area contributed by atoms with Crippen molar-refractivity contribution >= 4 is 11.6 Å². The molecule has 0 atom stereocenters. The maximum absolute atomic E-state index is 12.1. The number of nitro groups is 1. The Kier molecular flexibility index (Phi) is 5.30. The minimum absolute atomic E-state index is 0.0530. The molecule has 1 amide bonds. The highest BCUT2D eigenvalue weighted by Gasteiger charge is 2.18. The topological polar surface area (TPSA) is 81.5 Å². The summed E-state index contributed by atoms with van der Waals surface area (Å²) in [7, 11) is 0. The van der Waals surface area contributed by atoms with Crippen LogP contribution in [0.15, 0.2) is 48.5 Å². The van der Waals surface area contributed by atoms with Crippen molar-refractivity contribution in [2.45, 2.75) is 26.5 Å². The van der Waals surface area contributed by atoms with E-state index in [0.29, 0.717) is 0 Å². The van der Waals surface area contributed by atoms with Gasteiger partial charge in [-0.05, 0) is 37.6 Å². The number of nitrogens with one attached hydrogen (secondary N) is 1. The molecule has 0 aliphatic heterocycles. The first-order valence-corrected chi connectivity index (χ1v) is 7.24. The highest BCUT2D eigenvalue weighted by atomic mass is 16.6. The van der Waals surface area contributed by atoms with Crippen molar-refractivity contribution in [1.82, 2.24) is 5.32 Å². The zero-order valence-corrected chi connectivity index (χ0v) is 13.0. The normalized spacial score (nSPS) is 10.4. The van der Waals surface area contributed by atoms with Gasteiger partial charge in [-0.15, -0.1) is 0 Å². The SMILES string of the molecule is CC(C)Oc1ccc(CNC(=O)c2ccccc2[N+](=O)[O-])cc1. The van der Waals surface area contributed by atoms with Gasteiger partial charge >= 0.3 is 0 Å². The molecule has 2 aromatic carbocycles. The van der Waals surface area contributed by atoms with E-state index in [1.807, 2.05) is 38.1 Å². The van der Waals surface area contributed by atoms with E-state index < -0.39 is 10.8 Å². The molecule has 120 valence electrons. The molecule has 2 aromatic rings. The Bertz CT molecular complexity index is 696.